The van der Waals surface area contributed by atoms with Crippen molar-refractivity contribution in [2.24, 2.45) is 10.8 Å². The van der Waals surface area contributed by atoms with Crippen LogP contribution in [0.25, 0.3) is 0 Å². The van der Waals surface area contributed by atoms with Crippen LogP contribution in [0.3, 0.4) is 0 Å². The molecule has 0 radical (unpaired) electrons. The third-order valence-electron chi connectivity index (χ3n) is 3.36. The van der Waals surface area contributed by atoms with Crippen molar-refractivity contribution in [2.75, 3.05) is 14.2 Å². The van der Waals surface area contributed by atoms with Crippen LogP contribution >= 0.6 is 0 Å². The summed E-state index contributed by atoms with van der Waals surface area (Å²) in [5, 5.41) is 0. The van der Waals surface area contributed by atoms with Crippen LogP contribution in [0.2, 0.25) is 0 Å². The van der Waals surface area contributed by atoms with E-state index >= 15 is 0 Å². The number of hydrogen-bond acceptors (Lipinski definition) is 2. The average Bonchev–Trinajstić information content (AvgIpc) is 2.05. The second-order valence-corrected chi connectivity index (χ2v) is 5.46. The molecule has 0 saturated heterocycles. The van der Waals surface area contributed by atoms with Crippen LogP contribution in [0.5, 0.6) is 0 Å². The van der Waals surface area contributed by atoms with Crippen LogP contribution in [-0.4, -0.2) is 40.0 Å². The van der Waals surface area contributed by atoms with Gasteiger partial charge >= 0.3 is 88.0 Å². The summed E-state index contributed by atoms with van der Waals surface area (Å²) < 4.78 is 12.4. The molecule has 13 heavy (non-hydrogen) atoms. The fraction of sp³-hybridized carbons (Fsp3) is 0.900. The maximum absolute atomic E-state index is 5.56. The molecule has 0 amide bonds. The normalized spacial score (nSPS) is 28.3. The van der Waals surface area contributed by atoms with Gasteiger partial charge in [-0.25, -0.2) is 0 Å². The summed E-state index contributed by atoms with van der Waals surface area (Å²) in [6.07, 6.45) is 0. The SMILES string of the molecule is COC1(OC)C(C)(C)C(=[Se])C1(C)C. The van der Waals surface area contributed by atoms with Gasteiger partial charge in [0.1, 0.15) is 0 Å². The second-order valence-electron chi connectivity index (χ2n) is 4.60. The molecule has 0 aliphatic heterocycles. The Morgan fingerprint density at radius 1 is 0.923 bits per heavy atom. The number of rotatable bonds is 2. The molecular formula is C10H18O2Se. The predicted octanol–water partition coefficient (Wildman–Crippen LogP) is 1.38. The van der Waals surface area contributed by atoms with Crippen molar-refractivity contribution >= 4 is 20.0 Å². The van der Waals surface area contributed by atoms with Crippen LogP contribution < -0.4 is 0 Å². The molecule has 1 rings (SSSR count). The summed E-state index contributed by atoms with van der Waals surface area (Å²) in [5.41, 5.74) is -0.111. The molecule has 1 aliphatic rings. The third-order valence-corrected chi connectivity index (χ3v) is 5.50. The molecule has 0 spiro atoms. The third kappa shape index (κ3) is 0.992. The van der Waals surface area contributed by atoms with E-state index in [1.165, 1.54) is 4.42 Å². The van der Waals surface area contributed by atoms with Gasteiger partial charge in [-0.2, -0.15) is 0 Å². The summed E-state index contributed by atoms with van der Waals surface area (Å²) in [7, 11) is 3.42. The molecule has 0 aromatic carbocycles. The number of ether oxygens (including phenoxy) is 2. The van der Waals surface area contributed by atoms with E-state index in [9.17, 15) is 0 Å². The van der Waals surface area contributed by atoms with E-state index in [4.69, 9.17) is 9.47 Å². The molecule has 3 heteroatoms. The van der Waals surface area contributed by atoms with Gasteiger partial charge in [-0.05, 0) is 0 Å². The molecule has 1 saturated carbocycles. The van der Waals surface area contributed by atoms with Gasteiger partial charge in [-0.15, -0.1) is 0 Å². The summed E-state index contributed by atoms with van der Waals surface area (Å²) >= 11 is 3.14. The molecule has 0 N–H and O–H groups in total. The average molecular weight is 249 g/mol. The topological polar surface area (TPSA) is 18.5 Å². The predicted molar refractivity (Wildman–Crippen MR) is 55.1 cm³/mol. The Morgan fingerprint density at radius 3 is 1.38 bits per heavy atom. The van der Waals surface area contributed by atoms with Gasteiger partial charge in [0, 0.05) is 0 Å². The Kier molecular flexibility index (Phi) is 2.54. The van der Waals surface area contributed by atoms with E-state index in [2.05, 4.69) is 43.3 Å². The number of methoxy groups -OCH3 is 2. The minimum atomic E-state index is -0.499. The maximum atomic E-state index is 5.56. The van der Waals surface area contributed by atoms with Crippen LogP contribution in [0.15, 0.2) is 0 Å². The molecule has 0 aromatic heterocycles. The molecule has 0 bridgehead atoms. The van der Waals surface area contributed by atoms with Crippen LogP contribution in [0.1, 0.15) is 27.7 Å². The zero-order valence-corrected chi connectivity index (χ0v) is 10.9. The fourth-order valence-corrected chi connectivity index (χ4v) is 3.47. The Labute approximate surface area is 88.3 Å². The zero-order valence-electron chi connectivity index (χ0n) is 9.22. The first-order valence-corrected chi connectivity index (χ1v) is 5.29. The Bertz CT molecular complexity index is 219. The molecule has 2 nitrogen and oxygen atoms in total. The van der Waals surface area contributed by atoms with Gasteiger partial charge in [-0.1, -0.05) is 0 Å². The quantitative estimate of drug-likeness (QED) is 0.544. The zero-order chi connectivity index (χ0) is 10.5. The van der Waals surface area contributed by atoms with Crippen molar-refractivity contribution in [3.8, 4) is 0 Å². The Hall–Kier alpha value is 0.309. The van der Waals surface area contributed by atoms with Crippen molar-refractivity contribution < 1.29 is 9.47 Å². The standard InChI is InChI=1S/C10H18O2Se/c1-8(2)7(13)9(3,4)10(8,11-5)12-6/h1-6H3. The van der Waals surface area contributed by atoms with Crippen molar-refractivity contribution in [2.45, 2.75) is 33.5 Å². The molecule has 1 aliphatic carbocycles. The summed E-state index contributed by atoms with van der Waals surface area (Å²) in [5.74, 6) is -0.499. The van der Waals surface area contributed by atoms with Crippen molar-refractivity contribution in [1.82, 2.24) is 0 Å². The fourth-order valence-electron chi connectivity index (χ4n) is 2.90. The van der Waals surface area contributed by atoms with Crippen LogP contribution in [0.4, 0.5) is 0 Å². The molecule has 0 heterocycles. The molecular weight excluding hydrogens is 231 g/mol. The first kappa shape index (κ1) is 11.4. The van der Waals surface area contributed by atoms with E-state index in [1.807, 2.05) is 0 Å². The van der Waals surface area contributed by atoms with Crippen molar-refractivity contribution in [3.63, 3.8) is 0 Å². The van der Waals surface area contributed by atoms with Gasteiger partial charge in [0.15, 0.2) is 0 Å². The summed E-state index contributed by atoms with van der Waals surface area (Å²) in [6, 6.07) is 0. The van der Waals surface area contributed by atoms with E-state index in [0.717, 1.165) is 0 Å². The monoisotopic (exact) mass is 250 g/mol. The molecule has 0 aromatic rings. The van der Waals surface area contributed by atoms with E-state index in [-0.39, 0.29) is 10.8 Å². The Morgan fingerprint density at radius 2 is 1.23 bits per heavy atom. The van der Waals surface area contributed by atoms with Gasteiger partial charge in [-0.3, -0.25) is 0 Å². The van der Waals surface area contributed by atoms with E-state index in [0.29, 0.717) is 0 Å². The summed E-state index contributed by atoms with van der Waals surface area (Å²) in [6.45, 7) is 8.54. The molecule has 1 fully saturated rings. The van der Waals surface area contributed by atoms with E-state index < -0.39 is 5.79 Å². The van der Waals surface area contributed by atoms with E-state index in [1.54, 1.807) is 14.2 Å². The van der Waals surface area contributed by atoms with Crippen molar-refractivity contribution in [3.05, 3.63) is 0 Å². The van der Waals surface area contributed by atoms with Gasteiger partial charge in [0.05, 0.1) is 0 Å². The van der Waals surface area contributed by atoms with Gasteiger partial charge in [0.2, 0.25) is 0 Å². The first-order chi connectivity index (χ1) is 5.78. The number of hydrogen-bond donors (Lipinski definition) is 0. The second kappa shape index (κ2) is 2.90. The van der Waals surface area contributed by atoms with Gasteiger partial charge < -0.3 is 0 Å². The Balaban J connectivity index is 3.15. The van der Waals surface area contributed by atoms with Crippen LogP contribution in [0, 0.1) is 10.8 Å². The molecule has 0 atom stereocenters. The first-order valence-electron chi connectivity index (χ1n) is 4.43. The van der Waals surface area contributed by atoms with Gasteiger partial charge in [0.25, 0.3) is 0 Å². The molecule has 76 valence electrons. The summed E-state index contributed by atoms with van der Waals surface area (Å²) in [4.78, 5) is 0. The van der Waals surface area contributed by atoms with Crippen LogP contribution in [-0.2, 0) is 9.47 Å². The molecule has 0 unspecified atom stereocenters. The van der Waals surface area contributed by atoms with Crippen molar-refractivity contribution in [1.29, 1.82) is 0 Å². The minimum absolute atomic E-state index is 0.0556.